The third-order valence-electron chi connectivity index (χ3n) is 4.06. The number of ether oxygens (including phenoxy) is 1. The molecule has 1 fully saturated rings. The molecule has 21 heavy (non-hydrogen) atoms. The van der Waals surface area contributed by atoms with Gasteiger partial charge in [-0.05, 0) is 30.4 Å². The Morgan fingerprint density at radius 1 is 1.29 bits per heavy atom. The van der Waals surface area contributed by atoms with Crippen LogP contribution in [0.3, 0.4) is 0 Å². The van der Waals surface area contributed by atoms with Crippen LogP contribution < -0.4 is 5.73 Å². The summed E-state index contributed by atoms with van der Waals surface area (Å²) in [6, 6.07) is 5.06. The number of aliphatic hydroxyl groups excluding tert-OH is 1. The lowest BCUT2D eigenvalue weighted by atomic mass is 9.82. The van der Waals surface area contributed by atoms with Crippen LogP contribution in [0, 0.1) is 5.92 Å². The molecule has 3 N–H and O–H groups in total. The molecule has 1 heterocycles. The number of nitrogens with two attached hydrogens (primary N) is 1. The van der Waals surface area contributed by atoms with Gasteiger partial charge in [0, 0.05) is 25.7 Å². The molecule has 0 radical (unpaired) electrons. The fourth-order valence-electron chi connectivity index (χ4n) is 2.80. The smallest absolute Gasteiger partial charge is 0.392 e. The molecule has 1 aromatic rings. The Hall–Kier alpha value is -1.11. The Morgan fingerprint density at radius 3 is 2.52 bits per heavy atom. The number of aliphatic hydroxyl groups is 1. The van der Waals surface area contributed by atoms with Crippen LogP contribution in [0.25, 0.3) is 0 Å². The number of halogens is 3. The first-order valence-corrected chi connectivity index (χ1v) is 7.06. The van der Waals surface area contributed by atoms with E-state index in [0.29, 0.717) is 31.6 Å². The molecular formula is C15H20F3NO2. The van der Waals surface area contributed by atoms with Crippen molar-refractivity contribution in [2.75, 3.05) is 19.8 Å². The first-order valence-electron chi connectivity index (χ1n) is 7.06. The van der Waals surface area contributed by atoms with Crippen molar-refractivity contribution in [3.63, 3.8) is 0 Å². The summed E-state index contributed by atoms with van der Waals surface area (Å²) in [6.45, 7) is 1.25. The molecule has 6 heteroatoms. The Kier molecular flexibility index (Phi) is 5.24. The van der Waals surface area contributed by atoms with Crippen molar-refractivity contribution >= 4 is 0 Å². The van der Waals surface area contributed by atoms with E-state index in [9.17, 15) is 18.3 Å². The van der Waals surface area contributed by atoms with E-state index in [0.717, 1.165) is 12.1 Å². The number of hydrogen-bond acceptors (Lipinski definition) is 3. The van der Waals surface area contributed by atoms with Gasteiger partial charge in [-0.25, -0.2) is 0 Å². The van der Waals surface area contributed by atoms with Crippen LogP contribution in [-0.2, 0) is 10.9 Å². The van der Waals surface area contributed by atoms with E-state index in [1.165, 1.54) is 6.07 Å². The summed E-state index contributed by atoms with van der Waals surface area (Å²) in [7, 11) is 0. The molecule has 2 rings (SSSR count). The van der Waals surface area contributed by atoms with Crippen molar-refractivity contribution in [3.8, 4) is 0 Å². The second kappa shape index (κ2) is 6.77. The Bertz CT molecular complexity index is 458. The standard InChI is InChI=1S/C15H20F3NO2/c16-15(17,18)12-3-1-2-11(8-12)13(9-19)14(20)10-4-6-21-7-5-10/h1-3,8,10,13-14,20H,4-7,9,19H2. The predicted octanol–water partition coefficient (Wildman–Crippen LogP) is 2.54. The number of alkyl halides is 3. The monoisotopic (exact) mass is 303 g/mol. The Labute approximate surface area is 121 Å². The van der Waals surface area contributed by atoms with Crippen LogP contribution in [0.2, 0.25) is 0 Å². The fraction of sp³-hybridized carbons (Fsp3) is 0.600. The Morgan fingerprint density at radius 2 is 1.95 bits per heavy atom. The molecule has 1 aromatic carbocycles. The number of benzene rings is 1. The van der Waals surface area contributed by atoms with Gasteiger partial charge in [0.1, 0.15) is 0 Å². The molecule has 0 saturated carbocycles. The minimum absolute atomic E-state index is 0.0156. The zero-order chi connectivity index (χ0) is 15.5. The molecule has 0 amide bonds. The van der Waals surface area contributed by atoms with E-state index in [1.54, 1.807) is 6.07 Å². The van der Waals surface area contributed by atoms with E-state index in [2.05, 4.69) is 0 Å². The third-order valence-corrected chi connectivity index (χ3v) is 4.06. The summed E-state index contributed by atoms with van der Waals surface area (Å²) in [4.78, 5) is 0. The molecule has 2 unspecified atom stereocenters. The largest absolute Gasteiger partial charge is 0.416 e. The van der Waals surface area contributed by atoms with Crippen molar-refractivity contribution in [1.29, 1.82) is 0 Å². The van der Waals surface area contributed by atoms with E-state index in [4.69, 9.17) is 10.5 Å². The highest BCUT2D eigenvalue weighted by Crippen LogP contribution is 2.34. The van der Waals surface area contributed by atoms with Crippen molar-refractivity contribution in [2.24, 2.45) is 11.7 Å². The second-order valence-corrected chi connectivity index (χ2v) is 5.41. The van der Waals surface area contributed by atoms with Crippen LogP contribution in [0.4, 0.5) is 13.2 Å². The van der Waals surface area contributed by atoms with Gasteiger partial charge >= 0.3 is 6.18 Å². The molecule has 0 aromatic heterocycles. The Balaban J connectivity index is 2.20. The van der Waals surface area contributed by atoms with Crippen molar-refractivity contribution in [1.82, 2.24) is 0 Å². The highest BCUT2D eigenvalue weighted by Gasteiger charge is 2.33. The second-order valence-electron chi connectivity index (χ2n) is 5.41. The first-order chi connectivity index (χ1) is 9.93. The third kappa shape index (κ3) is 3.96. The molecule has 3 nitrogen and oxygen atoms in total. The zero-order valence-corrected chi connectivity index (χ0v) is 11.6. The first kappa shape index (κ1) is 16.3. The van der Waals surface area contributed by atoms with Crippen LogP contribution in [0.15, 0.2) is 24.3 Å². The maximum atomic E-state index is 12.8. The highest BCUT2D eigenvalue weighted by atomic mass is 19.4. The van der Waals surface area contributed by atoms with E-state index in [-0.39, 0.29) is 12.5 Å². The van der Waals surface area contributed by atoms with E-state index >= 15 is 0 Å². The maximum Gasteiger partial charge on any atom is 0.416 e. The summed E-state index contributed by atoms with van der Waals surface area (Å²) < 4.78 is 43.6. The van der Waals surface area contributed by atoms with Gasteiger partial charge in [0.25, 0.3) is 0 Å². The SMILES string of the molecule is NCC(c1cccc(C(F)(F)F)c1)C(O)C1CCOCC1. The molecule has 2 atom stereocenters. The van der Waals surface area contributed by atoms with Crippen LogP contribution in [-0.4, -0.2) is 31.0 Å². The quantitative estimate of drug-likeness (QED) is 0.898. The molecule has 1 saturated heterocycles. The predicted molar refractivity (Wildman–Crippen MR) is 72.8 cm³/mol. The van der Waals surface area contributed by atoms with Gasteiger partial charge in [-0.3, -0.25) is 0 Å². The van der Waals surface area contributed by atoms with Crippen LogP contribution in [0.1, 0.15) is 29.9 Å². The van der Waals surface area contributed by atoms with Gasteiger partial charge in [-0.15, -0.1) is 0 Å². The summed E-state index contributed by atoms with van der Waals surface area (Å²) in [5.74, 6) is -0.475. The summed E-state index contributed by atoms with van der Waals surface area (Å²) in [5, 5.41) is 10.5. The van der Waals surface area contributed by atoms with Gasteiger partial charge in [0.05, 0.1) is 11.7 Å². The van der Waals surface area contributed by atoms with Crippen molar-refractivity contribution < 1.29 is 23.0 Å². The molecule has 0 bridgehead atoms. The summed E-state index contributed by atoms with van der Waals surface area (Å²) >= 11 is 0. The van der Waals surface area contributed by atoms with Gasteiger partial charge in [0.2, 0.25) is 0 Å². The lowest BCUT2D eigenvalue weighted by Crippen LogP contribution is -2.35. The normalized spacial score (nSPS) is 20.2. The topological polar surface area (TPSA) is 55.5 Å². The number of rotatable bonds is 4. The average Bonchev–Trinajstić information content (AvgIpc) is 2.48. The van der Waals surface area contributed by atoms with Crippen molar-refractivity contribution in [2.45, 2.75) is 31.0 Å². The lowest BCUT2D eigenvalue weighted by molar-refractivity contribution is -0.137. The van der Waals surface area contributed by atoms with Crippen molar-refractivity contribution in [3.05, 3.63) is 35.4 Å². The summed E-state index contributed by atoms with van der Waals surface area (Å²) in [6.07, 6.45) is -3.73. The van der Waals surface area contributed by atoms with Gasteiger partial charge in [-0.2, -0.15) is 13.2 Å². The zero-order valence-electron chi connectivity index (χ0n) is 11.6. The maximum absolute atomic E-state index is 12.8. The molecule has 118 valence electrons. The minimum Gasteiger partial charge on any atom is -0.392 e. The molecule has 1 aliphatic heterocycles. The van der Waals surface area contributed by atoms with Gasteiger partial charge in [-0.1, -0.05) is 18.2 Å². The van der Waals surface area contributed by atoms with E-state index in [1.807, 2.05) is 0 Å². The summed E-state index contributed by atoms with van der Waals surface area (Å²) in [5.41, 5.74) is 5.42. The average molecular weight is 303 g/mol. The molecular weight excluding hydrogens is 283 g/mol. The van der Waals surface area contributed by atoms with E-state index < -0.39 is 23.8 Å². The van der Waals surface area contributed by atoms with Crippen LogP contribution >= 0.6 is 0 Å². The lowest BCUT2D eigenvalue weighted by Gasteiger charge is -2.32. The van der Waals surface area contributed by atoms with Crippen LogP contribution in [0.5, 0.6) is 0 Å². The molecule has 1 aliphatic rings. The highest BCUT2D eigenvalue weighted by molar-refractivity contribution is 5.29. The molecule has 0 aliphatic carbocycles. The molecule has 0 spiro atoms. The minimum atomic E-state index is -4.39. The number of hydrogen-bond donors (Lipinski definition) is 2. The van der Waals surface area contributed by atoms with Gasteiger partial charge < -0.3 is 15.6 Å². The van der Waals surface area contributed by atoms with Gasteiger partial charge in [0.15, 0.2) is 0 Å². The fourth-order valence-corrected chi connectivity index (χ4v) is 2.80.